The van der Waals surface area contributed by atoms with Crippen molar-refractivity contribution in [2.75, 3.05) is 5.32 Å². The first-order valence-corrected chi connectivity index (χ1v) is 13.1. The van der Waals surface area contributed by atoms with E-state index >= 15 is 0 Å². The van der Waals surface area contributed by atoms with Gasteiger partial charge in [-0.05, 0) is 55.8 Å². The predicted octanol–water partition coefficient (Wildman–Crippen LogP) is 6.91. The average Bonchev–Trinajstić information content (AvgIpc) is 3.30. The SMILES string of the molecule is CC.Cc1[nH]cnc1CNc1cc(Cl)c(C)c(Cl)c1.NC(=O)Cc1ccc(Sc2ccc(F)cc2F)nn1. The van der Waals surface area contributed by atoms with Gasteiger partial charge in [0.15, 0.2) is 0 Å². The Labute approximate surface area is 234 Å². The van der Waals surface area contributed by atoms with Crippen LogP contribution < -0.4 is 11.1 Å². The van der Waals surface area contributed by atoms with Crippen molar-refractivity contribution >= 4 is 46.6 Å². The number of carbonyl (C=O) groups is 1. The third kappa shape index (κ3) is 9.59. The Hall–Kier alpha value is -3.21. The molecule has 7 nitrogen and oxygen atoms in total. The molecular weight excluding hydrogens is 553 g/mol. The van der Waals surface area contributed by atoms with Gasteiger partial charge in [-0.3, -0.25) is 4.79 Å². The topological polar surface area (TPSA) is 110 Å². The summed E-state index contributed by atoms with van der Waals surface area (Å²) in [5.74, 6) is -1.79. The summed E-state index contributed by atoms with van der Waals surface area (Å²) in [4.78, 5) is 18.2. The highest BCUT2D eigenvalue weighted by Gasteiger charge is 2.08. The highest BCUT2D eigenvalue weighted by molar-refractivity contribution is 7.99. The number of hydrogen-bond acceptors (Lipinski definition) is 6. The van der Waals surface area contributed by atoms with Gasteiger partial charge in [0.25, 0.3) is 0 Å². The number of H-pyrrole nitrogens is 1. The molecule has 4 rings (SSSR count). The first-order chi connectivity index (χ1) is 18.1. The number of aromatic nitrogens is 4. The van der Waals surface area contributed by atoms with Gasteiger partial charge in [0, 0.05) is 32.4 Å². The number of aromatic amines is 1. The number of nitrogens with zero attached hydrogens (tertiary/aromatic N) is 3. The van der Waals surface area contributed by atoms with Crippen molar-refractivity contribution in [3.05, 3.63) is 93.1 Å². The lowest BCUT2D eigenvalue weighted by Gasteiger charge is -2.08. The predicted molar refractivity (Wildman–Crippen MR) is 149 cm³/mol. The van der Waals surface area contributed by atoms with Crippen LogP contribution in [0.3, 0.4) is 0 Å². The maximum absolute atomic E-state index is 13.4. The zero-order chi connectivity index (χ0) is 28.2. The van der Waals surface area contributed by atoms with Gasteiger partial charge in [-0.1, -0.05) is 48.8 Å². The zero-order valence-corrected chi connectivity index (χ0v) is 23.6. The molecular formula is C26H28Cl2F2N6OS. The highest BCUT2D eigenvalue weighted by Crippen LogP contribution is 2.29. The highest BCUT2D eigenvalue weighted by atomic mass is 35.5. The molecule has 0 atom stereocenters. The molecule has 4 aromatic rings. The van der Waals surface area contributed by atoms with Crippen LogP contribution in [0.2, 0.25) is 10.0 Å². The fourth-order valence-corrected chi connectivity index (χ4v) is 4.07. The third-order valence-electron chi connectivity index (χ3n) is 4.83. The van der Waals surface area contributed by atoms with Gasteiger partial charge in [-0.25, -0.2) is 13.8 Å². The number of anilines is 1. The van der Waals surface area contributed by atoms with E-state index in [4.69, 9.17) is 28.9 Å². The molecule has 1 amide bonds. The number of amides is 1. The maximum Gasteiger partial charge on any atom is 0.223 e. The molecule has 0 aliphatic carbocycles. The molecule has 2 aromatic carbocycles. The van der Waals surface area contributed by atoms with Crippen molar-refractivity contribution < 1.29 is 13.6 Å². The second-order valence-corrected chi connectivity index (χ2v) is 9.45. The van der Waals surface area contributed by atoms with Gasteiger partial charge in [-0.15, -0.1) is 5.10 Å². The Bertz CT molecular complexity index is 1330. The first kappa shape index (κ1) is 31.0. The van der Waals surface area contributed by atoms with E-state index in [0.717, 1.165) is 40.5 Å². The Morgan fingerprint density at radius 1 is 1.05 bits per heavy atom. The largest absolute Gasteiger partial charge is 0.379 e. The summed E-state index contributed by atoms with van der Waals surface area (Å²) in [5.41, 5.74) is 9.30. The van der Waals surface area contributed by atoms with Gasteiger partial charge in [0.1, 0.15) is 16.7 Å². The number of benzene rings is 2. The Balaban J connectivity index is 0.000000252. The van der Waals surface area contributed by atoms with E-state index in [1.807, 2.05) is 39.8 Å². The fraction of sp³-hybridized carbons (Fsp3) is 0.231. The van der Waals surface area contributed by atoms with E-state index in [1.165, 1.54) is 12.1 Å². The van der Waals surface area contributed by atoms with Gasteiger partial charge in [0.05, 0.1) is 30.7 Å². The fourth-order valence-electron chi connectivity index (χ4n) is 2.84. The van der Waals surface area contributed by atoms with Crippen LogP contribution in [0.5, 0.6) is 0 Å². The molecule has 4 N–H and O–H groups in total. The normalized spacial score (nSPS) is 10.1. The second kappa shape index (κ2) is 15.3. The van der Waals surface area contributed by atoms with Gasteiger partial charge in [-0.2, -0.15) is 5.10 Å². The summed E-state index contributed by atoms with van der Waals surface area (Å²) >= 11 is 13.1. The molecule has 0 saturated heterocycles. The van der Waals surface area contributed by atoms with E-state index in [-0.39, 0.29) is 11.3 Å². The van der Waals surface area contributed by atoms with E-state index in [1.54, 1.807) is 18.5 Å². The van der Waals surface area contributed by atoms with Crippen LogP contribution in [0.15, 0.2) is 58.7 Å². The molecule has 0 radical (unpaired) electrons. The molecule has 0 bridgehead atoms. The molecule has 0 aliphatic heterocycles. The van der Waals surface area contributed by atoms with Crippen molar-refractivity contribution in [2.24, 2.45) is 5.73 Å². The summed E-state index contributed by atoms with van der Waals surface area (Å²) < 4.78 is 26.2. The van der Waals surface area contributed by atoms with E-state index < -0.39 is 17.5 Å². The van der Waals surface area contributed by atoms with Crippen LogP contribution in [-0.4, -0.2) is 26.1 Å². The number of rotatable bonds is 7. The van der Waals surface area contributed by atoms with Crippen molar-refractivity contribution in [2.45, 2.75) is 50.6 Å². The quantitative estimate of drug-likeness (QED) is 0.219. The zero-order valence-electron chi connectivity index (χ0n) is 21.3. The van der Waals surface area contributed by atoms with Crippen LogP contribution >= 0.6 is 35.0 Å². The van der Waals surface area contributed by atoms with E-state index in [0.29, 0.717) is 27.3 Å². The molecule has 2 aromatic heterocycles. The summed E-state index contributed by atoms with van der Waals surface area (Å²) in [6, 6.07) is 10.2. The van der Waals surface area contributed by atoms with Crippen molar-refractivity contribution in [1.29, 1.82) is 0 Å². The van der Waals surface area contributed by atoms with Gasteiger partial charge >= 0.3 is 0 Å². The number of nitrogens with one attached hydrogen (secondary N) is 2. The molecule has 0 saturated carbocycles. The molecule has 0 fully saturated rings. The molecule has 0 spiro atoms. The lowest BCUT2D eigenvalue weighted by Crippen LogP contribution is -2.14. The monoisotopic (exact) mass is 580 g/mol. The van der Waals surface area contributed by atoms with Gasteiger partial charge < -0.3 is 16.0 Å². The Kier molecular flexibility index (Phi) is 12.5. The maximum atomic E-state index is 13.4. The molecule has 0 aliphatic rings. The minimum Gasteiger partial charge on any atom is -0.379 e. The molecule has 2 heterocycles. The van der Waals surface area contributed by atoms with Crippen molar-refractivity contribution in [3.8, 4) is 0 Å². The third-order valence-corrected chi connectivity index (χ3v) is 6.60. The van der Waals surface area contributed by atoms with Crippen LogP contribution in [0, 0.1) is 25.5 Å². The Morgan fingerprint density at radius 3 is 2.26 bits per heavy atom. The average molecular weight is 582 g/mol. The number of primary amides is 1. The summed E-state index contributed by atoms with van der Waals surface area (Å²) in [6.07, 6.45) is 1.68. The van der Waals surface area contributed by atoms with Crippen LogP contribution in [-0.2, 0) is 17.8 Å². The van der Waals surface area contributed by atoms with Crippen molar-refractivity contribution in [1.82, 2.24) is 20.2 Å². The number of carbonyl (C=O) groups excluding carboxylic acids is 1. The summed E-state index contributed by atoms with van der Waals surface area (Å²) in [7, 11) is 0. The molecule has 12 heteroatoms. The number of hydrogen-bond donors (Lipinski definition) is 3. The minimum absolute atomic E-state index is 0.00283. The Morgan fingerprint density at radius 2 is 1.74 bits per heavy atom. The van der Waals surface area contributed by atoms with Crippen LogP contribution in [0.4, 0.5) is 14.5 Å². The van der Waals surface area contributed by atoms with Crippen LogP contribution in [0.1, 0.15) is 36.5 Å². The summed E-state index contributed by atoms with van der Waals surface area (Å²) in [6.45, 7) is 8.52. The standard InChI is InChI=1S/C12H13Cl2N3.C12H9F2N3OS.C2H6/c1-7-10(13)3-9(4-11(7)14)15-5-12-8(2)16-6-17-12;13-7-1-3-10(9(14)5-7)19-12-4-2-8(16-17-12)6-11(15)18;1-2/h3-4,6,15H,5H2,1-2H3,(H,16,17);1-5H,6H2,(H2,15,18);1-2H3. The lowest BCUT2D eigenvalue weighted by atomic mass is 10.2. The molecule has 38 heavy (non-hydrogen) atoms. The second-order valence-electron chi connectivity index (χ2n) is 7.58. The molecule has 202 valence electrons. The number of nitrogens with two attached hydrogens (primary N) is 1. The number of aryl methyl sites for hydroxylation is 1. The first-order valence-electron chi connectivity index (χ1n) is 11.5. The lowest BCUT2D eigenvalue weighted by molar-refractivity contribution is -0.117. The van der Waals surface area contributed by atoms with Gasteiger partial charge in [0.2, 0.25) is 5.91 Å². The van der Waals surface area contributed by atoms with E-state index in [9.17, 15) is 13.6 Å². The van der Waals surface area contributed by atoms with E-state index in [2.05, 4.69) is 25.5 Å². The molecule has 0 unspecified atom stereocenters. The summed E-state index contributed by atoms with van der Waals surface area (Å²) in [5, 5.41) is 12.6. The van der Waals surface area contributed by atoms with Crippen LogP contribution in [0.25, 0.3) is 0 Å². The smallest absolute Gasteiger partial charge is 0.223 e. The number of imidazole rings is 1. The van der Waals surface area contributed by atoms with Crippen molar-refractivity contribution in [3.63, 3.8) is 0 Å². The number of halogens is 4. The minimum atomic E-state index is -0.659.